The summed E-state index contributed by atoms with van der Waals surface area (Å²) in [6.07, 6.45) is 8.74. The van der Waals surface area contributed by atoms with Gasteiger partial charge in [-0.25, -0.2) is 0 Å². The molecule has 4 aliphatic carbocycles. The second kappa shape index (κ2) is 4.10. The van der Waals surface area contributed by atoms with E-state index in [-0.39, 0.29) is 0 Å². The molecule has 4 fully saturated rings. The van der Waals surface area contributed by atoms with E-state index < -0.39 is 0 Å². The summed E-state index contributed by atoms with van der Waals surface area (Å²) < 4.78 is 0. The molecule has 4 aliphatic rings. The highest BCUT2D eigenvalue weighted by Crippen LogP contribution is 2.70. The molecule has 0 aliphatic heterocycles. The van der Waals surface area contributed by atoms with E-state index in [1.807, 2.05) is 0 Å². The highest BCUT2D eigenvalue weighted by Gasteiger charge is 2.62. The van der Waals surface area contributed by atoms with E-state index in [4.69, 9.17) is 0 Å². The molecule has 4 bridgehead atoms. The molecular formula is C18H31N. The Morgan fingerprint density at radius 2 is 1.74 bits per heavy atom. The van der Waals surface area contributed by atoms with Crippen molar-refractivity contribution in [2.45, 2.75) is 72.3 Å². The Morgan fingerprint density at radius 1 is 1.16 bits per heavy atom. The average Bonchev–Trinajstić information content (AvgIpc) is 2.19. The Kier molecular flexibility index (Phi) is 2.95. The van der Waals surface area contributed by atoms with Gasteiger partial charge >= 0.3 is 0 Å². The van der Waals surface area contributed by atoms with Crippen LogP contribution in [0.1, 0.15) is 66.2 Å². The molecule has 19 heavy (non-hydrogen) atoms. The molecule has 3 unspecified atom stereocenters. The molecule has 0 saturated heterocycles. The van der Waals surface area contributed by atoms with Gasteiger partial charge < -0.3 is 5.32 Å². The molecule has 0 aromatic rings. The fraction of sp³-hybridized carbons (Fsp3) is 0.889. The van der Waals surface area contributed by atoms with E-state index in [1.165, 1.54) is 44.1 Å². The van der Waals surface area contributed by atoms with E-state index in [0.29, 0.717) is 22.3 Å². The van der Waals surface area contributed by atoms with Crippen molar-refractivity contribution in [2.24, 2.45) is 22.2 Å². The molecule has 0 aromatic heterocycles. The van der Waals surface area contributed by atoms with Gasteiger partial charge in [0.1, 0.15) is 0 Å². The summed E-state index contributed by atoms with van der Waals surface area (Å²) in [4.78, 5) is 0. The van der Waals surface area contributed by atoms with Gasteiger partial charge in [-0.15, -0.1) is 0 Å². The summed E-state index contributed by atoms with van der Waals surface area (Å²) in [6.45, 7) is 15.0. The van der Waals surface area contributed by atoms with Crippen molar-refractivity contribution < 1.29 is 0 Å². The van der Waals surface area contributed by atoms with Gasteiger partial charge in [0.05, 0.1) is 0 Å². The van der Waals surface area contributed by atoms with Crippen molar-refractivity contribution in [2.75, 3.05) is 6.54 Å². The van der Waals surface area contributed by atoms with Gasteiger partial charge in [0.25, 0.3) is 0 Å². The largest absolute Gasteiger partial charge is 0.310 e. The Bertz CT molecular complexity index is 378. The third kappa shape index (κ3) is 2.09. The van der Waals surface area contributed by atoms with Gasteiger partial charge in [-0.2, -0.15) is 0 Å². The summed E-state index contributed by atoms with van der Waals surface area (Å²) in [5.41, 5.74) is 3.08. The first kappa shape index (κ1) is 13.7. The van der Waals surface area contributed by atoms with Crippen LogP contribution in [0.15, 0.2) is 12.2 Å². The van der Waals surface area contributed by atoms with E-state index in [0.717, 1.165) is 12.5 Å². The maximum Gasteiger partial charge on any atom is 0.0331 e. The fourth-order valence-corrected chi connectivity index (χ4v) is 6.98. The van der Waals surface area contributed by atoms with Crippen molar-refractivity contribution in [3.63, 3.8) is 0 Å². The SMILES string of the molecule is C=C(C)C(NCC)C12CC3CC(C)(CC(C)(C3)C1)C2. The third-order valence-electron chi connectivity index (χ3n) is 6.18. The molecule has 4 saturated carbocycles. The van der Waals surface area contributed by atoms with Crippen molar-refractivity contribution in [3.8, 4) is 0 Å². The van der Waals surface area contributed by atoms with Gasteiger partial charge in [0.15, 0.2) is 0 Å². The first-order valence-corrected chi connectivity index (χ1v) is 8.19. The topological polar surface area (TPSA) is 12.0 Å². The molecule has 0 heterocycles. The maximum atomic E-state index is 4.31. The molecule has 4 rings (SSSR count). The summed E-state index contributed by atoms with van der Waals surface area (Å²) in [5.74, 6) is 0.978. The molecule has 1 N–H and O–H groups in total. The Balaban J connectivity index is 1.97. The second-order valence-electron chi connectivity index (χ2n) is 8.83. The van der Waals surface area contributed by atoms with E-state index in [9.17, 15) is 0 Å². The predicted octanol–water partition coefficient (Wildman–Crippen LogP) is 4.54. The van der Waals surface area contributed by atoms with Crippen molar-refractivity contribution >= 4 is 0 Å². The van der Waals surface area contributed by atoms with Gasteiger partial charge in [0, 0.05) is 6.04 Å². The lowest BCUT2D eigenvalue weighted by atomic mass is 9.39. The van der Waals surface area contributed by atoms with E-state index in [2.05, 4.69) is 39.6 Å². The van der Waals surface area contributed by atoms with Crippen LogP contribution in [0, 0.1) is 22.2 Å². The molecule has 0 radical (unpaired) electrons. The highest BCUT2D eigenvalue weighted by molar-refractivity contribution is 5.19. The molecule has 1 nitrogen and oxygen atoms in total. The predicted molar refractivity (Wildman–Crippen MR) is 82.1 cm³/mol. The third-order valence-corrected chi connectivity index (χ3v) is 6.18. The normalized spacial score (nSPS) is 49.4. The number of hydrogen-bond acceptors (Lipinski definition) is 1. The van der Waals surface area contributed by atoms with Crippen LogP contribution in [-0.4, -0.2) is 12.6 Å². The van der Waals surface area contributed by atoms with Gasteiger partial charge in [-0.1, -0.05) is 32.9 Å². The number of nitrogens with one attached hydrogen (secondary N) is 1. The highest BCUT2D eigenvalue weighted by atomic mass is 14.9. The van der Waals surface area contributed by atoms with Crippen LogP contribution < -0.4 is 5.32 Å². The second-order valence-corrected chi connectivity index (χ2v) is 8.83. The molecule has 1 heteroatoms. The van der Waals surface area contributed by atoms with Crippen molar-refractivity contribution in [3.05, 3.63) is 12.2 Å². The van der Waals surface area contributed by atoms with Crippen molar-refractivity contribution in [1.82, 2.24) is 5.32 Å². The molecule has 0 spiro atoms. The first-order valence-electron chi connectivity index (χ1n) is 8.19. The van der Waals surface area contributed by atoms with Crippen LogP contribution in [0.5, 0.6) is 0 Å². The quantitative estimate of drug-likeness (QED) is 0.733. The Morgan fingerprint density at radius 3 is 2.16 bits per heavy atom. The Hall–Kier alpha value is -0.300. The van der Waals surface area contributed by atoms with Crippen LogP contribution in [0.3, 0.4) is 0 Å². The zero-order valence-corrected chi connectivity index (χ0v) is 13.3. The molecule has 3 atom stereocenters. The summed E-state index contributed by atoms with van der Waals surface area (Å²) >= 11 is 0. The summed E-state index contributed by atoms with van der Waals surface area (Å²) in [7, 11) is 0. The minimum atomic E-state index is 0.505. The standard InChI is InChI=1S/C18H31N/c1-6-19-15(13(2)3)18-9-14-7-16(4,11-18)10-17(5,8-14)12-18/h14-15,19H,2,6-12H2,1,3-5H3. The van der Waals surface area contributed by atoms with Crippen molar-refractivity contribution in [1.29, 1.82) is 0 Å². The van der Waals surface area contributed by atoms with E-state index >= 15 is 0 Å². The zero-order chi connectivity index (χ0) is 13.9. The lowest BCUT2D eigenvalue weighted by Gasteiger charge is -2.67. The first-order chi connectivity index (χ1) is 8.80. The van der Waals surface area contributed by atoms with Gasteiger partial charge in [0.2, 0.25) is 0 Å². The van der Waals surface area contributed by atoms with Crippen LogP contribution in [0.2, 0.25) is 0 Å². The number of likely N-dealkylation sites (N-methyl/N-ethyl adjacent to an activating group) is 1. The zero-order valence-electron chi connectivity index (χ0n) is 13.3. The Labute approximate surface area is 119 Å². The van der Waals surface area contributed by atoms with Crippen LogP contribution >= 0.6 is 0 Å². The van der Waals surface area contributed by atoms with Crippen LogP contribution in [0.4, 0.5) is 0 Å². The lowest BCUT2D eigenvalue weighted by Crippen LogP contribution is -2.61. The lowest BCUT2D eigenvalue weighted by molar-refractivity contribution is -0.153. The molecular weight excluding hydrogens is 230 g/mol. The van der Waals surface area contributed by atoms with Gasteiger partial charge in [-0.3, -0.25) is 0 Å². The maximum absolute atomic E-state index is 4.31. The van der Waals surface area contributed by atoms with Gasteiger partial charge in [-0.05, 0) is 74.2 Å². The number of hydrogen-bond donors (Lipinski definition) is 1. The monoisotopic (exact) mass is 261 g/mol. The summed E-state index contributed by atoms with van der Waals surface area (Å²) in [5, 5.41) is 3.77. The molecule has 0 aromatic carbocycles. The minimum absolute atomic E-state index is 0.505. The smallest absolute Gasteiger partial charge is 0.0331 e. The average molecular weight is 261 g/mol. The summed E-state index contributed by atoms with van der Waals surface area (Å²) in [6, 6.07) is 0.541. The van der Waals surface area contributed by atoms with Crippen LogP contribution in [0.25, 0.3) is 0 Å². The molecule has 0 amide bonds. The van der Waals surface area contributed by atoms with E-state index in [1.54, 1.807) is 0 Å². The van der Waals surface area contributed by atoms with Crippen LogP contribution in [-0.2, 0) is 0 Å². The minimum Gasteiger partial charge on any atom is -0.310 e. The fourth-order valence-electron chi connectivity index (χ4n) is 6.98. The molecule has 108 valence electrons. The number of rotatable bonds is 4.